The van der Waals surface area contributed by atoms with Gasteiger partial charge in [0.25, 0.3) is 0 Å². The van der Waals surface area contributed by atoms with Crippen LogP contribution in [0.1, 0.15) is 52.2 Å². The van der Waals surface area contributed by atoms with E-state index in [9.17, 15) is 0 Å². The summed E-state index contributed by atoms with van der Waals surface area (Å²) in [5.74, 6) is 2.38. The summed E-state index contributed by atoms with van der Waals surface area (Å²) in [4.78, 5) is 13.9. The Kier molecular flexibility index (Phi) is 8.57. The van der Waals surface area contributed by atoms with Crippen LogP contribution in [0.2, 0.25) is 0 Å². The van der Waals surface area contributed by atoms with E-state index in [1.54, 1.807) is 0 Å². The van der Waals surface area contributed by atoms with E-state index in [1.807, 2.05) is 6.20 Å². The fraction of sp³-hybridized carbons (Fsp3) is 0.800. The largest absolute Gasteiger partial charge is 0.443 e. The van der Waals surface area contributed by atoms with Crippen LogP contribution in [0, 0.1) is 0 Å². The Morgan fingerprint density at radius 1 is 1.22 bits per heavy atom. The molecule has 154 valence electrons. The molecule has 0 radical (unpaired) electrons. The molecule has 0 spiro atoms. The number of aromatic nitrogens is 1. The van der Waals surface area contributed by atoms with E-state index in [1.165, 1.54) is 32.6 Å². The van der Waals surface area contributed by atoms with Gasteiger partial charge in [0.1, 0.15) is 12.3 Å². The number of nitrogens with one attached hydrogen (secondary N) is 2. The Balaban J connectivity index is 1.75. The molecule has 1 aliphatic rings. The van der Waals surface area contributed by atoms with Gasteiger partial charge in [0.05, 0.1) is 6.20 Å². The molecule has 2 heterocycles. The van der Waals surface area contributed by atoms with Crippen LogP contribution in [0.5, 0.6) is 0 Å². The third-order valence-electron chi connectivity index (χ3n) is 4.77. The first kappa shape index (κ1) is 21.7. The van der Waals surface area contributed by atoms with Crippen molar-refractivity contribution in [3.63, 3.8) is 0 Å². The molecule has 2 N–H and O–H groups in total. The Morgan fingerprint density at radius 3 is 2.74 bits per heavy atom. The first-order valence-electron chi connectivity index (χ1n) is 10.3. The first-order chi connectivity index (χ1) is 12.9. The van der Waals surface area contributed by atoms with E-state index in [0.717, 1.165) is 37.8 Å². The van der Waals surface area contributed by atoms with Crippen molar-refractivity contribution in [1.29, 1.82) is 0 Å². The predicted molar refractivity (Wildman–Crippen MR) is 111 cm³/mol. The summed E-state index contributed by atoms with van der Waals surface area (Å²) in [6.07, 6.45) is 4.19. The normalized spacial score (nSPS) is 17.7. The van der Waals surface area contributed by atoms with Gasteiger partial charge in [0.2, 0.25) is 5.89 Å². The molecule has 1 aromatic heterocycles. The topological polar surface area (TPSA) is 68.9 Å². The summed E-state index contributed by atoms with van der Waals surface area (Å²) < 4.78 is 5.82. The molecule has 7 heteroatoms. The van der Waals surface area contributed by atoms with Gasteiger partial charge in [-0.15, -0.1) is 0 Å². The van der Waals surface area contributed by atoms with Gasteiger partial charge >= 0.3 is 0 Å². The molecule has 0 saturated carbocycles. The maximum absolute atomic E-state index is 5.82. The number of hydrogen-bond acceptors (Lipinski definition) is 5. The second-order valence-electron chi connectivity index (χ2n) is 8.34. The van der Waals surface area contributed by atoms with E-state index in [4.69, 9.17) is 4.42 Å². The fourth-order valence-electron chi connectivity index (χ4n) is 3.05. The number of likely N-dealkylation sites (N-methyl/N-ethyl adjacent to an activating group) is 1. The highest BCUT2D eigenvalue weighted by Crippen LogP contribution is 2.22. The van der Waals surface area contributed by atoms with Crippen molar-refractivity contribution in [1.82, 2.24) is 25.4 Å². The van der Waals surface area contributed by atoms with Crippen LogP contribution in [0.3, 0.4) is 0 Å². The SMILES string of the molecule is CCNC(=NCc1ncc(C(C)(C)C)o1)NCCCN1CCCN(C)CC1. The smallest absolute Gasteiger partial charge is 0.216 e. The van der Waals surface area contributed by atoms with Crippen LogP contribution < -0.4 is 10.6 Å². The molecule has 7 nitrogen and oxygen atoms in total. The summed E-state index contributed by atoms with van der Waals surface area (Å²) >= 11 is 0. The third kappa shape index (κ3) is 7.89. The zero-order valence-corrected chi connectivity index (χ0v) is 17.8. The molecule has 0 aliphatic carbocycles. The lowest BCUT2D eigenvalue weighted by Gasteiger charge is -2.20. The molecule has 0 bridgehead atoms. The van der Waals surface area contributed by atoms with Gasteiger partial charge in [-0.1, -0.05) is 20.8 Å². The van der Waals surface area contributed by atoms with Gasteiger partial charge in [0.15, 0.2) is 5.96 Å². The second kappa shape index (κ2) is 10.7. The van der Waals surface area contributed by atoms with Crippen molar-refractivity contribution in [2.75, 3.05) is 52.9 Å². The molecule has 1 aromatic rings. The molecular weight excluding hydrogens is 340 g/mol. The standard InChI is InChI=1S/C20H38N6O/c1-6-21-19(24-16-18-23-15-17(27-18)20(2,3)4)22-9-7-11-26-12-8-10-25(5)13-14-26/h15H,6-14,16H2,1-5H3,(H2,21,22,24). The molecule has 0 atom stereocenters. The van der Waals surface area contributed by atoms with Gasteiger partial charge in [-0.2, -0.15) is 0 Å². The van der Waals surface area contributed by atoms with Crippen molar-refractivity contribution in [3.8, 4) is 0 Å². The van der Waals surface area contributed by atoms with Crippen LogP contribution in [-0.2, 0) is 12.0 Å². The number of oxazole rings is 1. The molecule has 0 amide bonds. The Bertz CT molecular complexity index is 577. The Labute approximate surface area is 164 Å². The molecule has 0 unspecified atom stereocenters. The second-order valence-corrected chi connectivity index (χ2v) is 8.34. The fourth-order valence-corrected chi connectivity index (χ4v) is 3.05. The van der Waals surface area contributed by atoms with Crippen LogP contribution in [-0.4, -0.2) is 73.6 Å². The molecule has 0 aromatic carbocycles. The summed E-state index contributed by atoms with van der Waals surface area (Å²) in [6, 6.07) is 0. The lowest BCUT2D eigenvalue weighted by molar-refractivity contribution is 0.274. The molecule has 27 heavy (non-hydrogen) atoms. The molecule has 2 rings (SSSR count). The predicted octanol–water partition coefficient (Wildman–Crippen LogP) is 2.05. The van der Waals surface area contributed by atoms with E-state index in [2.05, 4.69) is 65.2 Å². The minimum absolute atomic E-state index is 0.0279. The summed E-state index contributed by atoms with van der Waals surface area (Å²) in [5.41, 5.74) is -0.0279. The molecule has 1 fully saturated rings. The molecule has 1 saturated heterocycles. The minimum atomic E-state index is -0.0279. The average molecular weight is 379 g/mol. The van der Waals surface area contributed by atoms with Crippen molar-refractivity contribution in [2.45, 2.75) is 52.5 Å². The zero-order valence-electron chi connectivity index (χ0n) is 17.8. The van der Waals surface area contributed by atoms with E-state index in [-0.39, 0.29) is 5.41 Å². The number of guanidine groups is 1. The van der Waals surface area contributed by atoms with Crippen molar-refractivity contribution >= 4 is 5.96 Å². The maximum Gasteiger partial charge on any atom is 0.216 e. The van der Waals surface area contributed by atoms with Gasteiger partial charge in [0, 0.05) is 31.6 Å². The van der Waals surface area contributed by atoms with E-state index >= 15 is 0 Å². The number of aliphatic imine (C=N–C) groups is 1. The van der Waals surface area contributed by atoms with Gasteiger partial charge in [-0.25, -0.2) is 9.98 Å². The minimum Gasteiger partial charge on any atom is -0.443 e. The number of nitrogens with zero attached hydrogens (tertiary/aromatic N) is 4. The summed E-state index contributed by atoms with van der Waals surface area (Å²) in [5, 5.41) is 6.72. The van der Waals surface area contributed by atoms with Crippen molar-refractivity contribution in [3.05, 3.63) is 17.8 Å². The monoisotopic (exact) mass is 378 g/mol. The lowest BCUT2D eigenvalue weighted by atomic mass is 9.94. The van der Waals surface area contributed by atoms with Crippen LogP contribution in [0.15, 0.2) is 15.6 Å². The van der Waals surface area contributed by atoms with Crippen molar-refractivity contribution < 1.29 is 4.42 Å². The zero-order chi connectivity index (χ0) is 19.7. The average Bonchev–Trinajstić information content (AvgIpc) is 3.00. The summed E-state index contributed by atoms with van der Waals surface area (Å²) in [7, 11) is 2.21. The highest BCUT2D eigenvalue weighted by atomic mass is 16.4. The highest BCUT2D eigenvalue weighted by Gasteiger charge is 2.19. The van der Waals surface area contributed by atoms with E-state index < -0.39 is 0 Å². The number of hydrogen-bond donors (Lipinski definition) is 2. The quantitative estimate of drug-likeness (QED) is 0.430. The highest BCUT2D eigenvalue weighted by molar-refractivity contribution is 5.79. The van der Waals surface area contributed by atoms with Crippen molar-refractivity contribution in [2.24, 2.45) is 4.99 Å². The molecule has 1 aliphatic heterocycles. The Hall–Kier alpha value is -1.60. The van der Waals surface area contributed by atoms with Gasteiger partial charge < -0.3 is 24.9 Å². The first-order valence-corrected chi connectivity index (χ1v) is 10.3. The van der Waals surface area contributed by atoms with Crippen LogP contribution in [0.4, 0.5) is 0 Å². The van der Waals surface area contributed by atoms with Crippen LogP contribution in [0.25, 0.3) is 0 Å². The lowest BCUT2D eigenvalue weighted by Crippen LogP contribution is -2.39. The van der Waals surface area contributed by atoms with Gasteiger partial charge in [-0.3, -0.25) is 0 Å². The maximum atomic E-state index is 5.82. The Morgan fingerprint density at radius 2 is 2.04 bits per heavy atom. The summed E-state index contributed by atoms with van der Waals surface area (Å²) in [6.45, 7) is 16.5. The third-order valence-corrected chi connectivity index (χ3v) is 4.77. The molecular formula is C20H38N6O. The van der Waals surface area contributed by atoms with Gasteiger partial charge in [-0.05, 0) is 46.4 Å². The van der Waals surface area contributed by atoms with E-state index in [0.29, 0.717) is 12.4 Å². The van der Waals surface area contributed by atoms with Crippen LogP contribution >= 0.6 is 0 Å². The number of rotatable bonds is 7.